The largest absolute Gasteiger partial charge is 0.491 e. The van der Waals surface area contributed by atoms with E-state index in [-0.39, 0.29) is 24.3 Å². The minimum Gasteiger partial charge on any atom is -0.491 e. The van der Waals surface area contributed by atoms with Gasteiger partial charge in [-0.3, -0.25) is 14.5 Å². The van der Waals surface area contributed by atoms with Crippen LogP contribution in [-0.2, 0) is 11.3 Å². The first-order chi connectivity index (χ1) is 19.0. The molecule has 0 aliphatic carbocycles. The predicted molar refractivity (Wildman–Crippen MR) is 159 cm³/mol. The molecule has 1 fully saturated rings. The number of carbonyl (C=O) groups is 2. The van der Waals surface area contributed by atoms with Gasteiger partial charge in [0.15, 0.2) is 0 Å². The Balaban J connectivity index is 1.24. The Bertz CT molecular complexity index is 1760. The molecule has 0 unspecified atom stereocenters. The summed E-state index contributed by atoms with van der Waals surface area (Å²) in [6, 6.07) is 28.9. The lowest BCUT2D eigenvalue weighted by molar-refractivity contribution is -0.123. The topological polar surface area (TPSA) is 51.5 Å². The standard InChI is InChI=1S/C33H28N2O3S/c1-22-14-15-23(2)30(18-22)38-17-16-35-32(36)31(39-33(35)37)19-26-21-34(29-13-6-5-12-28(26)29)20-25-10-7-9-24-8-3-4-11-27(24)25/h3-15,18-19,21H,16-17,20H2,1-2H3/b31-19-. The van der Waals surface area contributed by atoms with Crippen molar-refractivity contribution in [2.75, 3.05) is 13.2 Å². The maximum absolute atomic E-state index is 13.2. The molecule has 0 atom stereocenters. The van der Waals surface area contributed by atoms with Gasteiger partial charge in [-0.15, -0.1) is 0 Å². The van der Waals surface area contributed by atoms with Gasteiger partial charge in [0.25, 0.3) is 11.1 Å². The fourth-order valence-corrected chi connectivity index (χ4v) is 5.93. The van der Waals surface area contributed by atoms with Crippen molar-refractivity contribution in [3.8, 4) is 5.75 Å². The first-order valence-electron chi connectivity index (χ1n) is 13.0. The fourth-order valence-electron chi connectivity index (χ4n) is 5.08. The van der Waals surface area contributed by atoms with Gasteiger partial charge in [0, 0.05) is 29.2 Å². The molecule has 5 aromatic rings. The highest BCUT2D eigenvalue weighted by molar-refractivity contribution is 8.18. The Morgan fingerprint density at radius 2 is 1.64 bits per heavy atom. The average molecular weight is 533 g/mol. The highest BCUT2D eigenvalue weighted by Gasteiger charge is 2.35. The van der Waals surface area contributed by atoms with E-state index in [4.69, 9.17) is 4.74 Å². The highest BCUT2D eigenvalue weighted by Crippen LogP contribution is 2.34. The zero-order valence-electron chi connectivity index (χ0n) is 21.9. The number of thioether (sulfide) groups is 1. The molecule has 1 aromatic heterocycles. The van der Waals surface area contributed by atoms with Crippen LogP contribution >= 0.6 is 11.8 Å². The van der Waals surface area contributed by atoms with Crippen LogP contribution in [0.2, 0.25) is 0 Å². The number of imide groups is 1. The van der Waals surface area contributed by atoms with Gasteiger partial charge in [-0.25, -0.2) is 0 Å². The molecule has 0 radical (unpaired) electrons. The van der Waals surface area contributed by atoms with Crippen LogP contribution in [0.15, 0.2) is 96.0 Å². The molecule has 2 amide bonds. The Kier molecular flexibility index (Phi) is 6.71. The first-order valence-corrected chi connectivity index (χ1v) is 13.8. The van der Waals surface area contributed by atoms with Crippen molar-refractivity contribution < 1.29 is 14.3 Å². The maximum Gasteiger partial charge on any atom is 0.293 e. The highest BCUT2D eigenvalue weighted by atomic mass is 32.2. The van der Waals surface area contributed by atoms with E-state index in [1.807, 2.05) is 50.3 Å². The molecule has 1 aliphatic rings. The third-order valence-corrected chi connectivity index (χ3v) is 8.02. The van der Waals surface area contributed by atoms with Crippen LogP contribution in [0, 0.1) is 13.8 Å². The van der Waals surface area contributed by atoms with E-state index in [1.165, 1.54) is 21.2 Å². The molecule has 0 N–H and O–H groups in total. The summed E-state index contributed by atoms with van der Waals surface area (Å²) in [4.78, 5) is 27.7. The summed E-state index contributed by atoms with van der Waals surface area (Å²) < 4.78 is 8.11. The zero-order chi connectivity index (χ0) is 26.9. The normalized spacial score (nSPS) is 14.7. The van der Waals surface area contributed by atoms with E-state index in [9.17, 15) is 9.59 Å². The number of hydrogen-bond donors (Lipinski definition) is 0. The minimum atomic E-state index is -0.277. The fraction of sp³-hybridized carbons (Fsp3) is 0.152. The summed E-state index contributed by atoms with van der Waals surface area (Å²) in [5.74, 6) is 0.497. The lowest BCUT2D eigenvalue weighted by Gasteiger charge is -2.14. The maximum atomic E-state index is 13.2. The number of nitrogens with zero attached hydrogens (tertiary/aromatic N) is 2. The molecule has 5 nitrogen and oxygen atoms in total. The van der Waals surface area contributed by atoms with Crippen LogP contribution in [0.25, 0.3) is 27.8 Å². The number of fused-ring (bicyclic) bond motifs is 2. The van der Waals surface area contributed by atoms with Gasteiger partial charge < -0.3 is 9.30 Å². The summed E-state index contributed by atoms with van der Waals surface area (Å²) >= 11 is 0.986. The van der Waals surface area contributed by atoms with Crippen molar-refractivity contribution in [1.82, 2.24) is 9.47 Å². The number of benzene rings is 4. The summed E-state index contributed by atoms with van der Waals surface area (Å²) in [5.41, 5.74) is 5.35. The van der Waals surface area contributed by atoms with Crippen molar-refractivity contribution in [3.63, 3.8) is 0 Å². The Hall–Kier alpha value is -4.29. The van der Waals surface area contributed by atoms with E-state index in [0.29, 0.717) is 11.4 Å². The van der Waals surface area contributed by atoms with Gasteiger partial charge in [0.1, 0.15) is 12.4 Å². The molecule has 194 valence electrons. The van der Waals surface area contributed by atoms with E-state index < -0.39 is 0 Å². The molecule has 0 saturated carbocycles. The van der Waals surface area contributed by atoms with Crippen molar-refractivity contribution in [2.45, 2.75) is 20.4 Å². The molecule has 1 saturated heterocycles. The van der Waals surface area contributed by atoms with Crippen LogP contribution in [0.1, 0.15) is 22.3 Å². The molecule has 1 aliphatic heterocycles. The number of para-hydroxylation sites is 1. The van der Waals surface area contributed by atoms with Gasteiger partial charge in [-0.05, 0) is 71.3 Å². The van der Waals surface area contributed by atoms with E-state index in [0.717, 1.165) is 45.1 Å². The SMILES string of the molecule is Cc1ccc(C)c(OCCN2C(=O)S/C(=C\c3cn(Cc4cccc5ccccc45)c4ccccc34)C2=O)c1. The molecular formula is C33H28N2O3S. The van der Waals surface area contributed by atoms with E-state index in [1.54, 1.807) is 0 Å². The Morgan fingerprint density at radius 1 is 0.872 bits per heavy atom. The van der Waals surface area contributed by atoms with Crippen molar-refractivity contribution in [2.24, 2.45) is 0 Å². The number of rotatable bonds is 7. The van der Waals surface area contributed by atoms with Gasteiger partial charge in [0.05, 0.1) is 11.4 Å². The third kappa shape index (κ3) is 4.95. The summed E-state index contributed by atoms with van der Waals surface area (Å²) in [7, 11) is 0. The van der Waals surface area contributed by atoms with Gasteiger partial charge in [0.2, 0.25) is 0 Å². The lowest BCUT2D eigenvalue weighted by Crippen LogP contribution is -2.32. The average Bonchev–Trinajstić information content (AvgIpc) is 3.42. The summed E-state index contributed by atoms with van der Waals surface area (Å²) in [6.45, 7) is 5.14. The molecule has 4 aromatic carbocycles. The minimum absolute atomic E-state index is 0.207. The monoisotopic (exact) mass is 532 g/mol. The Labute approximate surface area is 231 Å². The van der Waals surface area contributed by atoms with Crippen LogP contribution < -0.4 is 4.74 Å². The third-order valence-electron chi connectivity index (χ3n) is 7.12. The van der Waals surface area contributed by atoms with Crippen LogP contribution in [0.3, 0.4) is 0 Å². The van der Waals surface area contributed by atoms with Gasteiger partial charge >= 0.3 is 0 Å². The van der Waals surface area contributed by atoms with Crippen LogP contribution in [0.4, 0.5) is 4.79 Å². The predicted octanol–water partition coefficient (Wildman–Crippen LogP) is 7.57. The lowest BCUT2D eigenvalue weighted by atomic mass is 10.0. The number of hydrogen-bond acceptors (Lipinski definition) is 4. The smallest absolute Gasteiger partial charge is 0.293 e. The molecular weight excluding hydrogens is 504 g/mol. The van der Waals surface area contributed by atoms with Crippen LogP contribution in [0.5, 0.6) is 5.75 Å². The van der Waals surface area contributed by atoms with E-state index >= 15 is 0 Å². The summed E-state index contributed by atoms with van der Waals surface area (Å²) in [6.07, 6.45) is 3.92. The van der Waals surface area contributed by atoms with Gasteiger partial charge in [-0.2, -0.15) is 0 Å². The molecule has 6 heteroatoms. The molecule has 2 heterocycles. The molecule has 6 rings (SSSR count). The second-order valence-electron chi connectivity index (χ2n) is 9.82. The molecule has 0 spiro atoms. The van der Waals surface area contributed by atoms with Crippen molar-refractivity contribution >= 4 is 50.7 Å². The number of amides is 2. The number of carbonyl (C=O) groups excluding carboxylic acids is 2. The van der Waals surface area contributed by atoms with Gasteiger partial charge in [-0.1, -0.05) is 72.8 Å². The number of aryl methyl sites for hydroxylation is 2. The second-order valence-corrected chi connectivity index (χ2v) is 10.8. The van der Waals surface area contributed by atoms with Crippen molar-refractivity contribution in [3.05, 3.63) is 118 Å². The van der Waals surface area contributed by atoms with E-state index in [2.05, 4.69) is 65.4 Å². The van der Waals surface area contributed by atoms with Crippen LogP contribution in [-0.4, -0.2) is 33.8 Å². The zero-order valence-corrected chi connectivity index (χ0v) is 22.7. The Morgan fingerprint density at radius 3 is 2.51 bits per heavy atom. The van der Waals surface area contributed by atoms with Crippen molar-refractivity contribution in [1.29, 1.82) is 0 Å². The molecule has 39 heavy (non-hydrogen) atoms. The number of ether oxygens (including phenoxy) is 1. The molecule has 0 bridgehead atoms. The quantitative estimate of drug-likeness (QED) is 0.203. The summed E-state index contributed by atoms with van der Waals surface area (Å²) in [5, 5.41) is 3.21. The first kappa shape index (κ1) is 25.0. The second kappa shape index (κ2) is 10.5. The number of aromatic nitrogens is 1.